The standard InChI is InChI=1S/C17H19NO4/c1-9-5-7-12(8-6-9)15-13(16(19)20)10(2)18(4)11(3)14(15)17(21)22/h5-8,15H,1-4H3,(H,19,20)(H,21,22). The van der Waals surface area contributed by atoms with Crippen molar-refractivity contribution in [2.45, 2.75) is 26.7 Å². The molecule has 1 aliphatic heterocycles. The molecule has 1 aromatic carbocycles. The molecule has 0 saturated heterocycles. The van der Waals surface area contributed by atoms with Crippen LogP contribution in [0.4, 0.5) is 0 Å². The predicted octanol–water partition coefficient (Wildman–Crippen LogP) is 2.74. The normalized spacial score (nSPS) is 16.3. The first kappa shape index (κ1) is 15.8. The molecule has 0 fully saturated rings. The number of benzene rings is 1. The van der Waals surface area contributed by atoms with Gasteiger partial charge in [-0.1, -0.05) is 29.8 Å². The molecule has 1 heterocycles. The van der Waals surface area contributed by atoms with Gasteiger partial charge in [0.25, 0.3) is 0 Å². The van der Waals surface area contributed by atoms with Gasteiger partial charge in [-0.15, -0.1) is 0 Å². The van der Waals surface area contributed by atoms with Gasteiger partial charge in [0.05, 0.1) is 17.1 Å². The SMILES string of the molecule is CC1=C(C(=O)O)C(c2ccc(C)cc2)C(C(=O)O)=C(C)N1C. The lowest BCUT2D eigenvalue weighted by Crippen LogP contribution is -2.32. The Bertz CT molecular complexity index is 660. The zero-order valence-corrected chi connectivity index (χ0v) is 13.0. The predicted molar refractivity (Wildman–Crippen MR) is 82.4 cm³/mol. The highest BCUT2D eigenvalue weighted by Crippen LogP contribution is 2.41. The van der Waals surface area contributed by atoms with E-state index in [1.807, 2.05) is 19.1 Å². The second-order valence-electron chi connectivity index (χ2n) is 5.51. The lowest BCUT2D eigenvalue weighted by Gasteiger charge is -2.34. The van der Waals surface area contributed by atoms with E-state index in [1.165, 1.54) is 0 Å². The van der Waals surface area contributed by atoms with Crippen molar-refractivity contribution in [1.29, 1.82) is 0 Å². The molecule has 1 aromatic rings. The van der Waals surface area contributed by atoms with E-state index in [1.54, 1.807) is 37.9 Å². The van der Waals surface area contributed by atoms with Crippen LogP contribution in [0.2, 0.25) is 0 Å². The van der Waals surface area contributed by atoms with Crippen molar-refractivity contribution < 1.29 is 19.8 Å². The minimum atomic E-state index is -1.10. The summed E-state index contributed by atoms with van der Waals surface area (Å²) >= 11 is 0. The molecule has 0 saturated carbocycles. The Hall–Kier alpha value is -2.56. The van der Waals surface area contributed by atoms with E-state index in [4.69, 9.17) is 0 Å². The highest BCUT2D eigenvalue weighted by molar-refractivity contribution is 5.98. The molecule has 0 atom stereocenters. The zero-order valence-electron chi connectivity index (χ0n) is 13.0. The van der Waals surface area contributed by atoms with Crippen LogP contribution in [-0.2, 0) is 9.59 Å². The van der Waals surface area contributed by atoms with Crippen molar-refractivity contribution in [2.75, 3.05) is 7.05 Å². The summed E-state index contributed by atoms with van der Waals surface area (Å²) in [5.74, 6) is -2.96. The minimum absolute atomic E-state index is 0.106. The number of rotatable bonds is 3. The molecule has 0 unspecified atom stereocenters. The molecule has 0 aliphatic carbocycles. The number of aryl methyl sites for hydroxylation is 1. The third kappa shape index (κ3) is 2.50. The van der Waals surface area contributed by atoms with Crippen LogP contribution >= 0.6 is 0 Å². The molecule has 0 spiro atoms. The lowest BCUT2D eigenvalue weighted by atomic mass is 9.80. The summed E-state index contributed by atoms with van der Waals surface area (Å²) in [7, 11) is 1.68. The lowest BCUT2D eigenvalue weighted by molar-refractivity contribution is -0.133. The molecule has 0 bridgehead atoms. The molecule has 116 valence electrons. The molecule has 1 aliphatic rings. The van der Waals surface area contributed by atoms with Gasteiger partial charge in [0.2, 0.25) is 0 Å². The Morgan fingerprint density at radius 3 is 1.68 bits per heavy atom. The molecule has 5 nitrogen and oxygen atoms in total. The molecule has 2 N–H and O–H groups in total. The van der Waals surface area contributed by atoms with Gasteiger partial charge in [-0.2, -0.15) is 0 Å². The molecule has 0 radical (unpaired) electrons. The van der Waals surface area contributed by atoms with Crippen molar-refractivity contribution in [1.82, 2.24) is 4.90 Å². The summed E-state index contributed by atoms with van der Waals surface area (Å²) in [6.45, 7) is 5.33. The molecule has 0 aromatic heterocycles. The van der Waals surface area contributed by atoms with Gasteiger partial charge in [-0.3, -0.25) is 0 Å². The summed E-state index contributed by atoms with van der Waals surface area (Å²) in [5, 5.41) is 19.2. The van der Waals surface area contributed by atoms with Gasteiger partial charge in [-0.05, 0) is 26.3 Å². The summed E-state index contributed by atoms with van der Waals surface area (Å²) in [6.07, 6.45) is 0. The maximum absolute atomic E-state index is 11.7. The number of nitrogens with zero attached hydrogens (tertiary/aromatic N) is 1. The second kappa shape index (κ2) is 5.67. The van der Waals surface area contributed by atoms with Crippen LogP contribution in [0.5, 0.6) is 0 Å². The van der Waals surface area contributed by atoms with Crippen LogP contribution in [0, 0.1) is 6.92 Å². The second-order valence-corrected chi connectivity index (χ2v) is 5.51. The summed E-state index contributed by atoms with van der Waals surface area (Å²) in [4.78, 5) is 25.1. The van der Waals surface area contributed by atoms with Crippen molar-refractivity contribution in [3.8, 4) is 0 Å². The van der Waals surface area contributed by atoms with E-state index in [0.29, 0.717) is 17.0 Å². The summed E-state index contributed by atoms with van der Waals surface area (Å²) in [6, 6.07) is 7.30. The summed E-state index contributed by atoms with van der Waals surface area (Å²) in [5.41, 5.74) is 3.03. The number of carbonyl (C=O) groups is 2. The van der Waals surface area contributed by atoms with Gasteiger partial charge in [0.1, 0.15) is 0 Å². The summed E-state index contributed by atoms with van der Waals surface area (Å²) < 4.78 is 0. The highest BCUT2D eigenvalue weighted by atomic mass is 16.4. The van der Waals surface area contributed by atoms with Gasteiger partial charge in [-0.25, -0.2) is 9.59 Å². The van der Waals surface area contributed by atoms with E-state index in [9.17, 15) is 19.8 Å². The smallest absolute Gasteiger partial charge is 0.334 e. The molecule has 22 heavy (non-hydrogen) atoms. The monoisotopic (exact) mass is 301 g/mol. The third-order valence-electron chi connectivity index (χ3n) is 4.23. The van der Waals surface area contributed by atoms with E-state index >= 15 is 0 Å². The zero-order chi connectivity index (χ0) is 16.6. The van der Waals surface area contributed by atoms with Crippen molar-refractivity contribution in [3.05, 3.63) is 57.9 Å². The van der Waals surface area contributed by atoms with Gasteiger partial charge in [0, 0.05) is 18.4 Å². The first-order chi connectivity index (χ1) is 10.3. The Balaban J connectivity index is 2.74. The average molecular weight is 301 g/mol. The highest BCUT2D eigenvalue weighted by Gasteiger charge is 2.38. The maximum Gasteiger partial charge on any atom is 0.334 e. The number of hydrogen-bond donors (Lipinski definition) is 2. The number of carboxylic acid groups (broad SMARTS) is 2. The van der Waals surface area contributed by atoms with Crippen molar-refractivity contribution in [2.24, 2.45) is 0 Å². The fourth-order valence-corrected chi connectivity index (χ4v) is 2.82. The fourth-order valence-electron chi connectivity index (χ4n) is 2.82. The molecule has 0 amide bonds. The van der Waals surface area contributed by atoms with Crippen LogP contribution < -0.4 is 0 Å². The molecule has 2 rings (SSSR count). The molecular formula is C17H19NO4. The fraction of sp³-hybridized carbons (Fsp3) is 0.294. The van der Waals surface area contributed by atoms with Crippen molar-refractivity contribution >= 4 is 11.9 Å². The Kier molecular flexibility index (Phi) is 4.08. The van der Waals surface area contributed by atoms with Crippen LogP contribution in [0.25, 0.3) is 0 Å². The first-order valence-electron chi connectivity index (χ1n) is 6.94. The first-order valence-corrected chi connectivity index (χ1v) is 6.94. The van der Waals surface area contributed by atoms with Crippen LogP contribution in [0.3, 0.4) is 0 Å². The van der Waals surface area contributed by atoms with E-state index in [-0.39, 0.29) is 11.1 Å². The third-order valence-corrected chi connectivity index (χ3v) is 4.23. The Morgan fingerprint density at radius 2 is 1.32 bits per heavy atom. The van der Waals surface area contributed by atoms with Crippen molar-refractivity contribution in [3.63, 3.8) is 0 Å². The van der Waals surface area contributed by atoms with Crippen LogP contribution in [-0.4, -0.2) is 34.1 Å². The van der Waals surface area contributed by atoms with Gasteiger partial charge < -0.3 is 15.1 Å². The van der Waals surface area contributed by atoms with E-state index in [2.05, 4.69) is 0 Å². The maximum atomic E-state index is 11.7. The number of carboxylic acids is 2. The number of hydrogen-bond acceptors (Lipinski definition) is 3. The molecule has 5 heteroatoms. The van der Waals surface area contributed by atoms with Crippen LogP contribution in [0.15, 0.2) is 46.8 Å². The number of aliphatic carboxylic acids is 2. The minimum Gasteiger partial charge on any atom is -0.478 e. The van der Waals surface area contributed by atoms with Crippen LogP contribution in [0.1, 0.15) is 30.9 Å². The Morgan fingerprint density at radius 1 is 0.909 bits per heavy atom. The number of allylic oxidation sites excluding steroid dienone is 2. The van der Waals surface area contributed by atoms with E-state index in [0.717, 1.165) is 5.56 Å². The Labute approximate surface area is 129 Å². The topological polar surface area (TPSA) is 77.8 Å². The largest absolute Gasteiger partial charge is 0.478 e. The van der Waals surface area contributed by atoms with E-state index < -0.39 is 17.9 Å². The average Bonchev–Trinajstić information content (AvgIpc) is 2.44. The quantitative estimate of drug-likeness (QED) is 0.897. The van der Waals surface area contributed by atoms with Gasteiger partial charge >= 0.3 is 11.9 Å². The molecular weight excluding hydrogens is 282 g/mol. The van der Waals surface area contributed by atoms with Gasteiger partial charge in [0.15, 0.2) is 0 Å².